The highest BCUT2D eigenvalue weighted by atomic mass is 16.2. The van der Waals surface area contributed by atoms with E-state index in [0.717, 1.165) is 11.1 Å². The zero-order valence-corrected chi connectivity index (χ0v) is 15.9. The van der Waals surface area contributed by atoms with E-state index in [4.69, 9.17) is 0 Å². The Bertz CT molecular complexity index is 992. The molecule has 0 aliphatic carbocycles. The lowest BCUT2D eigenvalue weighted by Gasteiger charge is -2.15. The van der Waals surface area contributed by atoms with Crippen LogP contribution in [0.1, 0.15) is 28.4 Å². The van der Waals surface area contributed by atoms with Gasteiger partial charge in [0, 0.05) is 11.3 Å². The number of carbonyl (C=O) groups is 2. The lowest BCUT2D eigenvalue weighted by Crippen LogP contribution is -2.31. The zero-order chi connectivity index (χ0) is 19.9. The minimum absolute atomic E-state index is 0.223. The second kappa shape index (κ2) is 8.82. The van der Waals surface area contributed by atoms with Crippen LogP contribution >= 0.6 is 0 Å². The van der Waals surface area contributed by atoms with E-state index in [-0.39, 0.29) is 17.5 Å². The number of allylic oxidation sites excluding steroid dienone is 1. The molecule has 0 bridgehead atoms. The standard InChI is InChI=1S/C24H22N2O2/c1-17-13-15-21(16-14-17)25-24(28)22(18(2)19-9-5-3-6-10-19)26-23(27)20-11-7-4-8-12-20/h3-16H,1-2H3,(H,25,28)(H,26,27)/b22-18+. The summed E-state index contributed by atoms with van der Waals surface area (Å²) in [6.45, 7) is 3.81. The first-order valence-corrected chi connectivity index (χ1v) is 9.05. The number of hydrogen-bond acceptors (Lipinski definition) is 2. The summed E-state index contributed by atoms with van der Waals surface area (Å²) < 4.78 is 0. The predicted octanol–water partition coefficient (Wildman–Crippen LogP) is 4.79. The van der Waals surface area contributed by atoms with Crippen molar-refractivity contribution in [2.24, 2.45) is 0 Å². The normalized spacial score (nSPS) is 11.4. The Morgan fingerprint density at radius 3 is 1.82 bits per heavy atom. The first-order chi connectivity index (χ1) is 13.5. The third-order valence-electron chi connectivity index (χ3n) is 4.39. The molecule has 0 aliphatic rings. The van der Waals surface area contributed by atoms with Crippen molar-refractivity contribution in [2.75, 3.05) is 5.32 Å². The van der Waals surface area contributed by atoms with Crippen molar-refractivity contribution in [2.45, 2.75) is 13.8 Å². The molecule has 3 aromatic rings. The fourth-order valence-electron chi connectivity index (χ4n) is 2.76. The molecule has 0 spiro atoms. The van der Waals surface area contributed by atoms with Crippen molar-refractivity contribution < 1.29 is 9.59 Å². The van der Waals surface area contributed by atoms with Gasteiger partial charge >= 0.3 is 0 Å². The monoisotopic (exact) mass is 370 g/mol. The van der Waals surface area contributed by atoms with E-state index < -0.39 is 0 Å². The molecule has 3 aromatic carbocycles. The average Bonchev–Trinajstić information content (AvgIpc) is 2.74. The fraction of sp³-hybridized carbons (Fsp3) is 0.0833. The van der Waals surface area contributed by atoms with Crippen molar-refractivity contribution in [3.8, 4) is 0 Å². The number of nitrogens with one attached hydrogen (secondary N) is 2. The Hall–Kier alpha value is -3.66. The van der Waals surface area contributed by atoms with Gasteiger partial charge in [0.2, 0.25) is 0 Å². The summed E-state index contributed by atoms with van der Waals surface area (Å²) in [7, 11) is 0. The van der Waals surface area contributed by atoms with Crippen LogP contribution in [0.25, 0.3) is 5.57 Å². The van der Waals surface area contributed by atoms with Crippen LogP contribution in [-0.4, -0.2) is 11.8 Å². The molecule has 4 nitrogen and oxygen atoms in total. The van der Waals surface area contributed by atoms with Crippen LogP contribution in [0.15, 0.2) is 90.6 Å². The number of hydrogen-bond donors (Lipinski definition) is 2. The molecule has 4 heteroatoms. The molecule has 0 heterocycles. The molecule has 0 fully saturated rings. The van der Waals surface area contributed by atoms with E-state index >= 15 is 0 Å². The highest BCUT2D eigenvalue weighted by molar-refractivity contribution is 6.12. The number of benzene rings is 3. The summed E-state index contributed by atoms with van der Waals surface area (Å²) >= 11 is 0. The molecule has 0 aromatic heterocycles. The predicted molar refractivity (Wildman–Crippen MR) is 113 cm³/mol. The summed E-state index contributed by atoms with van der Waals surface area (Å²) in [5, 5.41) is 5.66. The zero-order valence-electron chi connectivity index (χ0n) is 15.9. The van der Waals surface area contributed by atoms with E-state index in [2.05, 4.69) is 10.6 Å². The van der Waals surface area contributed by atoms with Crippen LogP contribution in [0, 0.1) is 6.92 Å². The van der Waals surface area contributed by atoms with E-state index in [0.29, 0.717) is 16.8 Å². The van der Waals surface area contributed by atoms with Gasteiger partial charge in [0.25, 0.3) is 11.8 Å². The minimum Gasteiger partial charge on any atom is -0.321 e. The Morgan fingerprint density at radius 2 is 1.25 bits per heavy atom. The molecule has 0 atom stereocenters. The van der Waals surface area contributed by atoms with Gasteiger partial charge in [-0.3, -0.25) is 9.59 Å². The highest BCUT2D eigenvalue weighted by Crippen LogP contribution is 2.19. The molecule has 2 amide bonds. The number of anilines is 1. The van der Waals surface area contributed by atoms with Gasteiger partial charge in [-0.05, 0) is 49.2 Å². The summed E-state index contributed by atoms with van der Waals surface area (Å²) in [6, 6.07) is 25.9. The number of carbonyl (C=O) groups excluding carboxylic acids is 2. The smallest absolute Gasteiger partial charge is 0.272 e. The van der Waals surface area contributed by atoms with E-state index in [1.807, 2.05) is 74.5 Å². The van der Waals surface area contributed by atoms with Crippen LogP contribution < -0.4 is 10.6 Å². The summed E-state index contributed by atoms with van der Waals surface area (Å²) in [4.78, 5) is 25.7. The van der Waals surface area contributed by atoms with Crippen molar-refractivity contribution in [1.82, 2.24) is 5.32 Å². The van der Waals surface area contributed by atoms with Crippen LogP contribution in [0.4, 0.5) is 5.69 Å². The van der Waals surface area contributed by atoms with Crippen LogP contribution in [0.3, 0.4) is 0 Å². The second-order valence-corrected chi connectivity index (χ2v) is 6.51. The Labute approximate surface area is 164 Å². The molecule has 140 valence electrons. The molecule has 3 rings (SSSR count). The van der Waals surface area contributed by atoms with Gasteiger partial charge in [-0.15, -0.1) is 0 Å². The topological polar surface area (TPSA) is 58.2 Å². The third-order valence-corrected chi connectivity index (χ3v) is 4.39. The maximum atomic E-state index is 13.0. The van der Waals surface area contributed by atoms with Gasteiger partial charge < -0.3 is 10.6 Å². The van der Waals surface area contributed by atoms with Crippen molar-refractivity contribution >= 4 is 23.1 Å². The molecule has 0 saturated carbocycles. The van der Waals surface area contributed by atoms with Gasteiger partial charge in [0.05, 0.1) is 0 Å². The van der Waals surface area contributed by atoms with E-state index in [1.54, 1.807) is 24.3 Å². The van der Waals surface area contributed by atoms with E-state index in [1.165, 1.54) is 0 Å². The highest BCUT2D eigenvalue weighted by Gasteiger charge is 2.18. The lowest BCUT2D eigenvalue weighted by molar-refractivity contribution is -0.113. The number of rotatable bonds is 5. The molecule has 0 unspecified atom stereocenters. The third kappa shape index (κ3) is 4.74. The summed E-state index contributed by atoms with van der Waals surface area (Å²) in [6.07, 6.45) is 0. The van der Waals surface area contributed by atoms with Gasteiger partial charge in [0.1, 0.15) is 5.70 Å². The van der Waals surface area contributed by atoms with Gasteiger partial charge in [0.15, 0.2) is 0 Å². The van der Waals surface area contributed by atoms with Crippen LogP contribution in [0.2, 0.25) is 0 Å². The Balaban J connectivity index is 1.93. The molecule has 0 aliphatic heterocycles. The SMILES string of the molecule is C/C(=C(\NC(=O)c1ccccc1)C(=O)Nc1ccc(C)cc1)c1ccccc1. The van der Waals surface area contributed by atoms with Crippen LogP contribution in [0.5, 0.6) is 0 Å². The molecule has 0 saturated heterocycles. The number of aryl methyl sites for hydroxylation is 1. The first kappa shape index (κ1) is 19.1. The van der Waals surface area contributed by atoms with Crippen LogP contribution in [-0.2, 0) is 4.79 Å². The van der Waals surface area contributed by atoms with Gasteiger partial charge in [-0.1, -0.05) is 66.2 Å². The molecule has 28 heavy (non-hydrogen) atoms. The summed E-state index contributed by atoms with van der Waals surface area (Å²) in [5.41, 5.74) is 4.04. The largest absolute Gasteiger partial charge is 0.321 e. The maximum absolute atomic E-state index is 13.0. The van der Waals surface area contributed by atoms with Gasteiger partial charge in [-0.25, -0.2) is 0 Å². The molecular weight excluding hydrogens is 348 g/mol. The minimum atomic E-state index is -0.366. The lowest BCUT2D eigenvalue weighted by atomic mass is 10.0. The maximum Gasteiger partial charge on any atom is 0.272 e. The Morgan fingerprint density at radius 1 is 0.714 bits per heavy atom. The van der Waals surface area contributed by atoms with Gasteiger partial charge in [-0.2, -0.15) is 0 Å². The Kier molecular flexibility index (Phi) is 6.02. The summed E-state index contributed by atoms with van der Waals surface area (Å²) in [5.74, 6) is -0.695. The van der Waals surface area contributed by atoms with E-state index in [9.17, 15) is 9.59 Å². The van der Waals surface area contributed by atoms with Crippen molar-refractivity contribution in [3.05, 3.63) is 107 Å². The fourth-order valence-corrected chi connectivity index (χ4v) is 2.76. The number of amides is 2. The molecule has 0 radical (unpaired) electrons. The average molecular weight is 370 g/mol. The van der Waals surface area contributed by atoms with Crippen molar-refractivity contribution in [1.29, 1.82) is 0 Å². The van der Waals surface area contributed by atoms with Crippen molar-refractivity contribution in [3.63, 3.8) is 0 Å². The first-order valence-electron chi connectivity index (χ1n) is 9.05. The molecular formula is C24H22N2O2. The quantitative estimate of drug-likeness (QED) is 0.634. The molecule has 2 N–H and O–H groups in total. The second-order valence-electron chi connectivity index (χ2n) is 6.51.